The molecule has 1 aromatic rings. The van der Waals surface area contributed by atoms with E-state index in [-0.39, 0.29) is 0 Å². The predicted molar refractivity (Wildman–Crippen MR) is 60.6 cm³/mol. The van der Waals surface area contributed by atoms with E-state index in [0.29, 0.717) is 0 Å². The van der Waals surface area contributed by atoms with E-state index < -0.39 is 0 Å². The van der Waals surface area contributed by atoms with Gasteiger partial charge in [-0.3, -0.25) is 5.10 Å². The van der Waals surface area contributed by atoms with Crippen LogP contribution in [0.15, 0.2) is 6.33 Å². The number of aromatic nitrogens is 3. The maximum absolute atomic E-state index is 4.05. The van der Waals surface area contributed by atoms with Crippen LogP contribution in [0.3, 0.4) is 0 Å². The summed E-state index contributed by atoms with van der Waals surface area (Å²) in [5.41, 5.74) is 0. The van der Waals surface area contributed by atoms with Gasteiger partial charge in [-0.05, 0) is 31.4 Å². The average molecular weight is 214 g/mol. The summed E-state index contributed by atoms with van der Waals surface area (Å²) in [5.74, 6) is 2.23. The van der Waals surface area contributed by atoms with Gasteiger partial charge in [0.05, 0.1) is 0 Å². The van der Waals surface area contributed by atoms with Crippen LogP contribution in [0.4, 0.5) is 0 Å². The number of hydrogen-bond acceptors (Lipinski definition) is 4. The van der Waals surface area contributed by atoms with Gasteiger partial charge in [0, 0.05) is 13.0 Å². The summed E-state index contributed by atoms with van der Waals surface area (Å²) in [7, 11) is 0. The minimum Gasteiger partial charge on any atom is -0.316 e. The van der Waals surface area contributed by atoms with E-state index in [0.717, 1.165) is 25.3 Å². The van der Waals surface area contributed by atoms with Gasteiger partial charge in [0.2, 0.25) is 0 Å². The van der Waals surface area contributed by atoms with Crippen LogP contribution in [0.1, 0.15) is 18.7 Å². The highest BCUT2D eigenvalue weighted by atomic mass is 32.2. The van der Waals surface area contributed by atoms with E-state index in [2.05, 4.69) is 26.8 Å². The zero-order chi connectivity index (χ0) is 10.1. The van der Waals surface area contributed by atoms with E-state index in [9.17, 15) is 0 Å². The Morgan fingerprint density at radius 1 is 1.43 bits per heavy atom. The Morgan fingerprint density at radius 2 is 2.36 bits per heavy atom. The second-order valence-corrected chi connectivity index (χ2v) is 4.12. The summed E-state index contributed by atoms with van der Waals surface area (Å²) in [5, 5.41) is 10.0. The second kappa shape index (κ2) is 7.82. The Balaban J connectivity index is 1.85. The van der Waals surface area contributed by atoms with Crippen molar-refractivity contribution in [1.82, 2.24) is 20.5 Å². The first-order chi connectivity index (χ1) is 6.93. The number of H-pyrrole nitrogens is 1. The number of nitrogens with zero attached hydrogens (tertiary/aromatic N) is 2. The van der Waals surface area contributed by atoms with Crippen molar-refractivity contribution in [2.24, 2.45) is 0 Å². The lowest BCUT2D eigenvalue weighted by atomic mass is 10.3. The number of rotatable bonds is 8. The third-order valence-corrected chi connectivity index (χ3v) is 2.65. The van der Waals surface area contributed by atoms with Gasteiger partial charge >= 0.3 is 0 Å². The molecule has 0 fully saturated rings. The monoisotopic (exact) mass is 214 g/mol. The molecular weight excluding hydrogens is 196 g/mol. The molecule has 80 valence electrons. The Hall–Kier alpha value is -0.550. The molecule has 0 bridgehead atoms. The standard InChI is InChI=1S/C9H18N4S/c1-14-7-3-2-5-10-6-4-9-11-8-12-13-9/h8,10H,2-7H2,1H3,(H,11,12,13). The molecule has 0 saturated carbocycles. The molecule has 4 nitrogen and oxygen atoms in total. The van der Waals surface area contributed by atoms with Crippen LogP contribution in [-0.2, 0) is 6.42 Å². The van der Waals surface area contributed by atoms with Gasteiger partial charge in [0.1, 0.15) is 12.2 Å². The molecule has 2 N–H and O–H groups in total. The zero-order valence-electron chi connectivity index (χ0n) is 8.62. The molecule has 0 aromatic carbocycles. The fourth-order valence-electron chi connectivity index (χ4n) is 1.18. The highest BCUT2D eigenvalue weighted by Crippen LogP contribution is 1.97. The molecule has 0 aliphatic carbocycles. The van der Waals surface area contributed by atoms with Crippen LogP contribution in [0.2, 0.25) is 0 Å². The lowest BCUT2D eigenvalue weighted by Gasteiger charge is -2.02. The van der Waals surface area contributed by atoms with Crippen molar-refractivity contribution in [1.29, 1.82) is 0 Å². The number of aromatic amines is 1. The van der Waals surface area contributed by atoms with Crippen molar-refractivity contribution in [2.75, 3.05) is 25.1 Å². The van der Waals surface area contributed by atoms with Crippen LogP contribution in [-0.4, -0.2) is 40.3 Å². The van der Waals surface area contributed by atoms with Gasteiger partial charge in [0.15, 0.2) is 0 Å². The SMILES string of the molecule is CSCCCCNCCc1ncn[nH]1. The third-order valence-electron chi connectivity index (χ3n) is 1.96. The van der Waals surface area contributed by atoms with Crippen LogP contribution in [0.5, 0.6) is 0 Å². The molecule has 1 aromatic heterocycles. The van der Waals surface area contributed by atoms with Crippen LogP contribution >= 0.6 is 11.8 Å². The molecule has 1 heterocycles. The Labute approximate surface area is 89.3 Å². The molecule has 0 aliphatic heterocycles. The largest absolute Gasteiger partial charge is 0.316 e. The van der Waals surface area contributed by atoms with Crippen molar-refractivity contribution >= 4 is 11.8 Å². The third kappa shape index (κ3) is 5.24. The lowest BCUT2D eigenvalue weighted by Crippen LogP contribution is -2.19. The highest BCUT2D eigenvalue weighted by molar-refractivity contribution is 7.98. The predicted octanol–water partition coefficient (Wildman–Crippen LogP) is 1.08. The van der Waals surface area contributed by atoms with E-state index in [1.165, 1.54) is 18.6 Å². The highest BCUT2D eigenvalue weighted by Gasteiger charge is 1.94. The van der Waals surface area contributed by atoms with Crippen molar-refractivity contribution in [3.05, 3.63) is 12.2 Å². The van der Waals surface area contributed by atoms with Crippen molar-refractivity contribution < 1.29 is 0 Å². The summed E-state index contributed by atoms with van der Waals surface area (Å²) in [6, 6.07) is 0. The van der Waals surface area contributed by atoms with Gasteiger partial charge in [0.25, 0.3) is 0 Å². The Morgan fingerprint density at radius 3 is 3.07 bits per heavy atom. The fraction of sp³-hybridized carbons (Fsp3) is 0.778. The summed E-state index contributed by atoms with van der Waals surface area (Å²) in [6.07, 6.45) is 7.20. The lowest BCUT2D eigenvalue weighted by molar-refractivity contribution is 0.633. The van der Waals surface area contributed by atoms with Crippen LogP contribution in [0.25, 0.3) is 0 Å². The minimum absolute atomic E-state index is 0.933. The first-order valence-electron chi connectivity index (χ1n) is 4.97. The second-order valence-electron chi connectivity index (χ2n) is 3.13. The minimum atomic E-state index is 0.933. The molecule has 0 atom stereocenters. The summed E-state index contributed by atoms with van der Waals surface area (Å²) in [6.45, 7) is 2.09. The van der Waals surface area contributed by atoms with Gasteiger partial charge in [-0.2, -0.15) is 16.9 Å². The zero-order valence-corrected chi connectivity index (χ0v) is 9.44. The summed E-state index contributed by atoms with van der Waals surface area (Å²) >= 11 is 1.91. The number of nitrogens with one attached hydrogen (secondary N) is 2. The Bertz CT molecular complexity index is 213. The van der Waals surface area contributed by atoms with Crippen molar-refractivity contribution in [3.8, 4) is 0 Å². The molecule has 14 heavy (non-hydrogen) atoms. The molecule has 1 rings (SSSR count). The van der Waals surface area contributed by atoms with Gasteiger partial charge < -0.3 is 5.32 Å². The van der Waals surface area contributed by atoms with Gasteiger partial charge in [-0.25, -0.2) is 4.98 Å². The molecule has 0 amide bonds. The fourth-order valence-corrected chi connectivity index (χ4v) is 1.67. The topological polar surface area (TPSA) is 53.6 Å². The Kier molecular flexibility index (Phi) is 6.43. The average Bonchev–Trinajstić information content (AvgIpc) is 2.69. The molecule has 0 spiro atoms. The maximum atomic E-state index is 4.05. The van der Waals surface area contributed by atoms with Crippen molar-refractivity contribution in [2.45, 2.75) is 19.3 Å². The van der Waals surface area contributed by atoms with Crippen LogP contribution in [0, 0.1) is 0 Å². The van der Waals surface area contributed by atoms with Gasteiger partial charge in [-0.1, -0.05) is 0 Å². The maximum Gasteiger partial charge on any atom is 0.137 e. The van der Waals surface area contributed by atoms with E-state index in [1.807, 2.05) is 11.8 Å². The number of unbranched alkanes of at least 4 members (excludes halogenated alkanes) is 1. The van der Waals surface area contributed by atoms with Crippen molar-refractivity contribution in [3.63, 3.8) is 0 Å². The van der Waals surface area contributed by atoms with E-state index in [1.54, 1.807) is 6.33 Å². The molecule has 0 aliphatic rings. The molecular formula is C9H18N4S. The van der Waals surface area contributed by atoms with Crippen LogP contribution < -0.4 is 5.32 Å². The molecule has 5 heteroatoms. The summed E-state index contributed by atoms with van der Waals surface area (Å²) in [4.78, 5) is 4.05. The number of hydrogen-bond donors (Lipinski definition) is 2. The number of thioether (sulfide) groups is 1. The smallest absolute Gasteiger partial charge is 0.137 e. The first kappa shape index (κ1) is 11.5. The molecule has 0 unspecified atom stereocenters. The van der Waals surface area contributed by atoms with Gasteiger partial charge in [-0.15, -0.1) is 0 Å². The molecule has 0 saturated heterocycles. The normalized spacial score (nSPS) is 10.6. The quantitative estimate of drug-likeness (QED) is 0.636. The first-order valence-corrected chi connectivity index (χ1v) is 6.37. The van der Waals surface area contributed by atoms with E-state index >= 15 is 0 Å². The molecule has 0 radical (unpaired) electrons. The van der Waals surface area contributed by atoms with E-state index in [4.69, 9.17) is 0 Å². The summed E-state index contributed by atoms with van der Waals surface area (Å²) < 4.78 is 0.